The van der Waals surface area contributed by atoms with Crippen LogP contribution in [-0.2, 0) is 0 Å². The van der Waals surface area contributed by atoms with Gasteiger partial charge in [0.2, 0.25) is 0 Å². The second-order valence-electron chi connectivity index (χ2n) is 0. The standard InChI is InChI=1S/ClH.7H2O.Pr/h1H;7*1H2;. The summed E-state index contributed by atoms with van der Waals surface area (Å²) in [6.45, 7) is 0. The second kappa shape index (κ2) is 348. The van der Waals surface area contributed by atoms with Gasteiger partial charge in [-0.3, -0.25) is 0 Å². The smallest absolute Gasteiger partial charge is 0 e. The summed E-state index contributed by atoms with van der Waals surface area (Å²) in [5.74, 6) is 0. The average molecular weight is 303 g/mol. The third-order valence-corrected chi connectivity index (χ3v) is 0. The van der Waals surface area contributed by atoms with Crippen LogP contribution in [0.25, 0.3) is 0 Å². The molecular weight excluding hydrogens is 288 g/mol. The maximum Gasteiger partial charge on any atom is 0 e. The number of hydrogen-bond acceptors (Lipinski definition) is 0. The van der Waals surface area contributed by atoms with E-state index >= 15 is 0 Å². The van der Waals surface area contributed by atoms with Crippen LogP contribution in [0.4, 0.5) is 0 Å². The van der Waals surface area contributed by atoms with Gasteiger partial charge in [-0.05, 0) is 0 Å². The molecule has 9 heavy (non-hydrogen) atoms. The molecule has 0 atom stereocenters. The van der Waals surface area contributed by atoms with E-state index in [0.29, 0.717) is 0 Å². The van der Waals surface area contributed by atoms with E-state index in [9.17, 15) is 0 Å². The van der Waals surface area contributed by atoms with Crippen molar-refractivity contribution in [3.63, 3.8) is 0 Å². The summed E-state index contributed by atoms with van der Waals surface area (Å²) in [6, 6.07) is 0. The van der Waals surface area contributed by atoms with Crippen LogP contribution in [0.5, 0.6) is 0 Å². The second-order valence-corrected chi connectivity index (χ2v) is 0. The van der Waals surface area contributed by atoms with Crippen LogP contribution in [0, 0.1) is 41.3 Å². The van der Waals surface area contributed by atoms with E-state index in [1.807, 2.05) is 0 Å². The molecule has 0 unspecified atom stereocenters. The van der Waals surface area contributed by atoms with E-state index in [0.717, 1.165) is 0 Å². The SMILES string of the molecule is Cl.O.O.O.O.O.O.O.[Pr]. The van der Waals surface area contributed by atoms with Crippen molar-refractivity contribution < 1.29 is 79.6 Å². The summed E-state index contributed by atoms with van der Waals surface area (Å²) < 4.78 is 0. The Labute approximate surface area is 91.3 Å². The van der Waals surface area contributed by atoms with Gasteiger partial charge in [-0.1, -0.05) is 0 Å². The van der Waals surface area contributed by atoms with Gasteiger partial charge >= 0.3 is 0 Å². The summed E-state index contributed by atoms with van der Waals surface area (Å²) in [5, 5.41) is 0. The van der Waals surface area contributed by atoms with Gasteiger partial charge in [0.1, 0.15) is 0 Å². The Morgan fingerprint density at radius 1 is 0.333 bits per heavy atom. The topological polar surface area (TPSA) is 220 Å². The van der Waals surface area contributed by atoms with Crippen molar-refractivity contribution in [1.82, 2.24) is 0 Å². The predicted molar refractivity (Wildman–Crippen MR) is 32.5 cm³/mol. The third kappa shape index (κ3) is 270. The minimum atomic E-state index is 0. The van der Waals surface area contributed by atoms with Crippen LogP contribution in [-0.4, -0.2) is 38.3 Å². The summed E-state index contributed by atoms with van der Waals surface area (Å²) >= 11 is 0. The number of hydrogen-bond donors (Lipinski definition) is 0. The van der Waals surface area contributed by atoms with E-state index < -0.39 is 0 Å². The molecule has 0 spiro atoms. The first kappa shape index (κ1) is 483. The van der Waals surface area contributed by atoms with E-state index in [1.165, 1.54) is 0 Å². The molecule has 0 aliphatic carbocycles. The predicted octanol–water partition coefficient (Wildman–Crippen LogP) is -5.35. The first-order chi connectivity index (χ1) is 0. The first-order valence-corrected chi connectivity index (χ1v) is 0. The van der Waals surface area contributed by atoms with Crippen molar-refractivity contribution in [3.8, 4) is 0 Å². The van der Waals surface area contributed by atoms with Gasteiger partial charge in [-0.2, -0.15) is 0 Å². The Bertz CT molecular complexity index is 8.88. The van der Waals surface area contributed by atoms with Crippen molar-refractivity contribution in [3.05, 3.63) is 0 Å². The molecule has 0 aromatic rings. The fraction of sp³-hybridized carbons (Fsp3) is 0. The van der Waals surface area contributed by atoms with Crippen LogP contribution in [0.1, 0.15) is 0 Å². The van der Waals surface area contributed by atoms with Crippen LogP contribution < -0.4 is 0 Å². The molecule has 0 aliphatic heterocycles. The Balaban J connectivity index is 0. The molecular formula is H15ClO7Pr. The molecule has 0 aromatic carbocycles. The van der Waals surface area contributed by atoms with Gasteiger partial charge in [0, 0.05) is 41.3 Å². The van der Waals surface area contributed by atoms with Crippen LogP contribution >= 0.6 is 12.4 Å². The zero-order chi connectivity index (χ0) is 0. The molecule has 0 aromatic heterocycles. The first-order valence-electron chi connectivity index (χ1n) is 0. The van der Waals surface area contributed by atoms with Crippen molar-refractivity contribution in [2.75, 3.05) is 0 Å². The molecule has 7 nitrogen and oxygen atoms in total. The van der Waals surface area contributed by atoms with E-state index in [-0.39, 0.29) is 92.0 Å². The minimum Gasteiger partial charge on any atom is -0.412 e. The molecule has 0 heterocycles. The van der Waals surface area contributed by atoms with Gasteiger partial charge in [0.05, 0.1) is 0 Å². The molecule has 0 saturated carbocycles. The fourth-order valence-corrected chi connectivity index (χ4v) is 0. The van der Waals surface area contributed by atoms with Crippen molar-refractivity contribution >= 4 is 12.4 Å². The molecule has 9 heteroatoms. The molecule has 0 saturated heterocycles. The van der Waals surface area contributed by atoms with E-state index in [1.54, 1.807) is 0 Å². The monoisotopic (exact) mass is 303 g/mol. The maximum atomic E-state index is 0. The van der Waals surface area contributed by atoms with Gasteiger partial charge in [0.25, 0.3) is 0 Å². The molecule has 67 valence electrons. The average Bonchev–Trinajstić information content (AvgIpc) is 0. The number of halogens is 1. The summed E-state index contributed by atoms with van der Waals surface area (Å²) in [6.07, 6.45) is 0. The molecule has 14 N–H and O–H groups in total. The minimum absolute atomic E-state index is 0. The largest absolute Gasteiger partial charge is 0.412 e. The van der Waals surface area contributed by atoms with E-state index in [4.69, 9.17) is 0 Å². The molecule has 0 rings (SSSR count). The fourth-order valence-electron chi connectivity index (χ4n) is 0. The molecule has 0 amide bonds. The molecule has 0 fully saturated rings. The Morgan fingerprint density at radius 2 is 0.333 bits per heavy atom. The van der Waals surface area contributed by atoms with Crippen molar-refractivity contribution in [2.45, 2.75) is 0 Å². The zero-order valence-electron chi connectivity index (χ0n) is 4.49. The molecule has 0 bridgehead atoms. The van der Waals surface area contributed by atoms with Crippen LogP contribution in [0.3, 0.4) is 0 Å². The van der Waals surface area contributed by atoms with Gasteiger partial charge in [0.15, 0.2) is 0 Å². The maximum absolute atomic E-state index is 0. The van der Waals surface area contributed by atoms with Crippen LogP contribution in [0.15, 0.2) is 0 Å². The Kier molecular flexibility index (Phi) is 18700. The number of rotatable bonds is 0. The van der Waals surface area contributed by atoms with E-state index in [2.05, 4.69) is 0 Å². The van der Waals surface area contributed by atoms with Gasteiger partial charge < -0.3 is 38.3 Å². The van der Waals surface area contributed by atoms with Crippen molar-refractivity contribution in [2.24, 2.45) is 0 Å². The van der Waals surface area contributed by atoms with Crippen molar-refractivity contribution in [1.29, 1.82) is 0 Å². The van der Waals surface area contributed by atoms with Gasteiger partial charge in [-0.25, -0.2) is 0 Å². The molecule has 0 aliphatic rings. The van der Waals surface area contributed by atoms with Crippen LogP contribution in [0.2, 0.25) is 0 Å². The third-order valence-electron chi connectivity index (χ3n) is 0. The Hall–Kier alpha value is 1.37. The Morgan fingerprint density at radius 3 is 0.333 bits per heavy atom. The summed E-state index contributed by atoms with van der Waals surface area (Å²) in [5.41, 5.74) is 0. The normalized spacial score (nSPS) is 0. The zero-order valence-corrected chi connectivity index (χ0v) is 9.01. The quantitative estimate of drug-likeness (QED) is 0.409. The van der Waals surface area contributed by atoms with Gasteiger partial charge in [-0.15, -0.1) is 12.4 Å². The summed E-state index contributed by atoms with van der Waals surface area (Å²) in [7, 11) is 0. The molecule has 1 radical (unpaired) electrons. The summed E-state index contributed by atoms with van der Waals surface area (Å²) in [4.78, 5) is 0.